The molecule has 0 amide bonds. The van der Waals surface area contributed by atoms with Crippen molar-refractivity contribution in [1.82, 2.24) is 4.98 Å². The van der Waals surface area contributed by atoms with Crippen LogP contribution in [0.3, 0.4) is 0 Å². The Bertz CT molecular complexity index is 991. The highest BCUT2D eigenvalue weighted by molar-refractivity contribution is 7.21. The van der Waals surface area contributed by atoms with Crippen molar-refractivity contribution in [1.29, 1.82) is 0 Å². The van der Waals surface area contributed by atoms with E-state index in [2.05, 4.69) is 4.98 Å². The Balaban J connectivity index is 2.46. The molecule has 1 aromatic carbocycles. The van der Waals surface area contributed by atoms with Gasteiger partial charge in [-0.05, 0) is 12.1 Å². The number of aromatic nitrogens is 1. The Labute approximate surface area is 148 Å². The van der Waals surface area contributed by atoms with E-state index in [1.807, 2.05) is 0 Å². The van der Waals surface area contributed by atoms with Gasteiger partial charge in [-0.15, -0.1) is 11.3 Å². The van der Waals surface area contributed by atoms with E-state index < -0.39 is 23.4 Å². The van der Waals surface area contributed by atoms with E-state index in [1.165, 1.54) is 12.3 Å². The molecule has 0 fully saturated rings. The van der Waals surface area contributed by atoms with Crippen molar-refractivity contribution in [3.05, 3.63) is 44.9 Å². The zero-order valence-electron chi connectivity index (χ0n) is 11.9. The number of fused-ring (bicyclic) bond motifs is 1. The van der Waals surface area contributed by atoms with Crippen molar-refractivity contribution in [3.8, 4) is 16.9 Å². The number of methoxy groups -OCH3 is 1. The summed E-state index contributed by atoms with van der Waals surface area (Å²) < 4.78 is 33.6. The number of hydrogen-bond acceptors (Lipinski definition) is 4. The summed E-state index contributed by atoms with van der Waals surface area (Å²) in [6, 6.07) is 2.38. The van der Waals surface area contributed by atoms with Crippen molar-refractivity contribution in [2.75, 3.05) is 7.11 Å². The third kappa shape index (κ3) is 2.58. The first-order valence-electron chi connectivity index (χ1n) is 6.38. The molecule has 3 rings (SSSR count). The lowest BCUT2D eigenvalue weighted by molar-refractivity contribution is 0.0703. The summed E-state index contributed by atoms with van der Waals surface area (Å²) in [5.41, 5.74) is -0.121. The minimum Gasteiger partial charge on any atom is -0.491 e. The number of carboxylic acids is 1. The summed E-state index contributed by atoms with van der Waals surface area (Å²) in [7, 11) is 1.10. The van der Waals surface area contributed by atoms with Crippen LogP contribution in [-0.4, -0.2) is 23.2 Å². The van der Waals surface area contributed by atoms with Gasteiger partial charge >= 0.3 is 5.97 Å². The molecule has 4 nitrogen and oxygen atoms in total. The van der Waals surface area contributed by atoms with Gasteiger partial charge in [-0.2, -0.15) is 0 Å². The van der Waals surface area contributed by atoms with Gasteiger partial charge in [0.2, 0.25) is 0 Å². The average molecular weight is 390 g/mol. The first kappa shape index (κ1) is 16.9. The van der Waals surface area contributed by atoms with Gasteiger partial charge < -0.3 is 9.84 Å². The molecular formula is C15H7Cl2F2NO3S. The van der Waals surface area contributed by atoms with Crippen LogP contribution in [0.4, 0.5) is 8.78 Å². The first-order chi connectivity index (χ1) is 11.3. The van der Waals surface area contributed by atoms with Crippen molar-refractivity contribution >= 4 is 50.7 Å². The van der Waals surface area contributed by atoms with Crippen molar-refractivity contribution < 1.29 is 23.4 Å². The number of halogens is 4. The molecule has 2 heterocycles. The van der Waals surface area contributed by atoms with Gasteiger partial charge in [0.1, 0.15) is 4.88 Å². The van der Waals surface area contributed by atoms with Gasteiger partial charge in [0.05, 0.1) is 27.4 Å². The quantitative estimate of drug-likeness (QED) is 0.663. The molecule has 0 saturated carbocycles. The zero-order chi connectivity index (χ0) is 17.6. The Morgan fingerprint density at radius 1 is 1.29 bits per heavy atom. The predicted molar refractivity (Wildman–Crippen MR) is 88.5 cm³/mol. The van der Waals surface area contributed by atoms with Gasteiger partial charge in [0, 0.05) is 17.3 Å². The van der Waals surface area contributed by atoms with Crippen molar-refractivity contribution in [2.24, 2.45) is 0 Å². The number of carbonyl (C=O) groups is 1. The Morgan fingerprint density at radius 2 is 2.00 bits per heavy atom. The number of nitrogens with zero attached hydrogens (tertiary/aromatic N) is 1. The number of rotatable bonds is 3. The lowest BCUT2D eigenvalue weighted by Crippen LogP contribution is -2.00. The summed E-state index contributed by atoms with van der Waals surface area (Å²) in [4.78, 5) is 15.5. The minimum atomic E-state index is -1.29. The fourth-order valence-corrected chi connectivity index (χ4v) is 3.87. The van der Waals surface area contributed by atoms with Gasteiger partial charge in [-0.25, -0.2) is 13.6 Å². The van der Waals surface area contributed by atoms with E-state index in [-0.39, 0.29) is 26.5 Å². The van der Waals surface area contributed by atoms with Crippen molar-refractivity contribution in [3.63, 3.8) is 0 Å². The Kier molecular flexibility index (Phi) is 4.33. The summed E-state index contributed by atoms with van der Waals surface area (Å²) in [6.07, 6.45) is 1.30. The van der Waals surface area contributed by atoms with Crippen LogP contribution >= 0.6 is 34.5 Å². The fraction of sp³-hybridized carbons (Fsp3) is 0.0667. The smallest absolute Gasteiger partial charge is 0.346 e. The van der Waals surface area contributed by atoms with E-state index in [0.29, 0.717) is 9.72 Å². The number of ether oxygens (including phenoxy) is 1. The molecule has 3 aromatic rings. The lowest BCUT2D eigenvalue weighted by atomic mass is 10.0. The molecule has 0 bridgehead atoms. The summed E-state index contributed by atoms with van der Waals surface area (Å²) >= 11 is 12.7. The molecule has 124 valence electrons. The molecule has 0 atom stereocenters. The van der Waals surface area contributed by atoms with Crippen molar-refractivity contribution in [2.45, 2.75) is 0 Å². The second-order valence-corrected chi connectivity index (χ2v) is 6.57. The predicted octanol–water partition coefficient (Wildman–Crippen LogP) is 5.26. The van der Waals surface area contributed by atoms with Crippen LogP contribution in [0.15, 0.2) is 18.3 Å². The van der Waals surface area contributed by atoms with E-state index in [1.54, 1.807) is 0 Å². The van der Waals surface area contributed by atoms with Gasteiger partial charge in [-0.3, -0.25) is 4.98 Å². The minimum absolute atomic E-state index is 0.0417. The van der Waals surface area contributed by atoms with E-state index in [4.69, 9.17) is 27.9 Å². The highest BCUT2D eigenvalue weighted by atomic mass is 35.5. The summed E-state index contributed by atoms with van der Waals surface area (Å²) in [6.45, 7) is 0. The van der Waals surface area contributed by atoms with Crippen LogP contribution in [0.2, 0.25) is 10.0 Å². The second kappa shape index (κ2) is 6.16. The van der Waals surface area contributed by atoms with Crippen LogP contribution in [0.25, 0.3) is 21.3 Å². The molecule has 0 aliphatic rings. The van der Waals surface area contributed by atoms with E-state index in [0.717, 1.165) is 24.5 Å². The molecule has 2 aromatic heterocycles. The molecule has 0 aliphatic carbocycles. The Morgan fingerprint density at radius 3 is 2.62 bits per heavy atom. The fourth-order valence-electron chi connectivity index (χ4n) is 2.33. The van der Waals surface area contributed by atoms with Crippen LogP contribution in [0.1, 0.15) is 9.67 Å². The number of benzene rings is 1. The van der Waals surface area contributed by atoms with E-state index in [9.17, 15) is 18.7 Å². The maximum absolute atomic E-state index is 14.7. The Hall–Kier alpha value is -1.96. The van der Waals surface area contributed by atoms with Gasteiger partial charge in [-0.1, -0.05) is 23.2 Å². The normalized spacial score (nSPS) is 11.0. The largest absolute Gasteiger partial charge is 0.491 e. The maximum Gasteiger partial charge on any atom is 0.346 e. The summed E-state index contributed by atoms with van der Waals surface area (Å²) in [5.74, 6) is -4.03. The third-order valence-corrected chi connectivity index (χ3v) is 4.89. The molecular weight excluding hydrogens is 383 g/mol. The molecule has 0 saturated heterocycles. The maximum atomic E-state index is 14.7. The van der Waals surface area contributed by atoms with Crippen LogP contribution in [-0.2, 0) is 0 Å². The zero-order valence-corrected chi connectivity index (χ0v) is 14.2. The average Bonchev–Trinajstić information content (AvgIpc) is 2.86. The highest BCUT2D eigenvalue weighted by Crippen LogP contribution is 2.45. The number of aromatic carboxylic acids is 1. The number of carboxylic acid groups (broad SMARTS) is 1. The standard InChI is InChI=1S/C15H7Cl2F2NO3S/c1-23-13-7(18)3-6(17)9(11(13)19)10-12-8(2-5(16)4-20-12)24-14(10)15(21)22/h2-4H,1H3,(H,21,22). The van der Waals surface area contributed by atoms with Crippen LogP contribution in [0, 0.1) is 11.6 Å². The number of pyridine rings is 1. The van der Waals surface area contributed by atoms with Crippen LogP contribution < -0.4 is 4.74 Å². The van der Waals surface area contributed by atoms with Gasteiger partial charge in [0.25, 0.3) is 0 Å². The van der Waals surface area contributed by atoms with Crippen LogP contribution in [0.5, 0.6) is 5.75 Å². The molecule has 0 unspecified atom stereocenters. The number of hydrogen-bond donors (Lipinski definition) is 1. The monoisotopic (exact) mass is 389 g/mol. The molecule has 1 N–H and O–H groups in total. The molecule has 0 aliphatic heterocycles. The molecule has 0 radical (unpaired) electrons. The summed E-state index contributed by atoms with van der Waals surface area (Å²) in [5, 5.41) is 9.45. The lowest BCUT2D eigenvalue weighted by Gasteiger charge is -2.11. The molecule has 24 heavy (non-hydrogen) atoms. The second-order valence-electron chi connectivity index (χ2n) is 4.67. The molecule has 9 heteroatoms. The SMILES string of the molecule is COc1c(F)cc(Cl)c(-c2c(C(=O)O)sc3cc(Cl)cnc23)c1F. The third-order valence-electron chi connectivity index (χ3n) is 3.27. The highest BCUT2D eigenvalue weighted by Gasteiger charge is 2.28. The molecule has 0 spiro atoms. The van der Waals surface area contributed by atoms with Gasteiger partial charge in [0.15, 0.2) is 17.4 Å². The first-order valence-corrected chi connectivity index (χ1v) is 7.95. The number of thiophene rings is 1. The van der Waals surface area contributed by atoms with E-state index >= 15 is 0 Å². The topological polar surface area (TPSA) is 59.4 Å².